The zero-order valence-electron chi connectivity index (χ0n) is 14.8. The molecule has 1 aromatic carbocycles. The fourth-order valence-corrected chi connectivity index (χ4v) is 3.09. The van der Waals surface area contributed by atoms with Crippen molar-refractivity contribution in [1.29, 1.82) is 0 Å². The lowest BCUT2D eigenvalue weighted by Crippen LogP contribution is -2.49. The molecule has 1 fully saturated rings. The Labute approximate surface area is 154 Å². The maximum Gasteiger partial charge on any atom is 0.345 e. The monoisotopic (exact) mass is 379 g/mol. The van der Waals surface area contributed by atoms with Gasteiger partial charge >= 0.3 is 5.82 Å². The molecule has 8 nitrogen and oxygen atoms in total. The normalized spacial score (nSPS) is 15.1. The second-order valence-electron chi connectivity index (χ2n) is 6.43. The number of aryl methyl sites for hydroxylation is 1. The van der Waals surface area contributed by atoms with Gasteiger partial charge in [0.25, 0.3) is 5.91 Å². The number of piperazine rings is 1. The number of benzene rings is 1. The van der Waals surface area contributed by atoms with E-state index in [0.29, 0.717) is 31.9 Å². The Kier molecular flexibility index (Phi) is 5.45. The minimum absolute atomic E-state index is 0.206. The van der Waals surface area contributed by atoms with Crippen molar-refractivity contribution >= 4 is 11.7 Å². The molecule has 10 heteroatoms. The van der Waals surface area contributed by atoms with Crippen molar-refractivity contribution in [2.24, 2.45) is 0 Å². The van der Waals surface area contributed by atoms with Gasteiger partial charge in [0.2, 0.25) is 0 Å². The van der Waals surface area contributed by atoms with Gasteiger partial charge in [-0.3, -0.25) is 9.69 Å². The zero-order chi connectivity index (χ0) is 19.6. The van der Waals surface area contributed by atoms with Crippen molar-refractivity contribution in [2.75, 3.05) is 26.2 Å². The minimum atomic E-state index is -0.877. The molecule has 0 N–H and O–H groups in total. The van der Waals surface area contributed by atoms with Crippen LogP contribution in [0.1, 0.15) is 11.3 Å². The molecule has 0 atom stereocenters. The van der Waals surface area contributed by atoms with E-state index in [1.165, 1.54) is 18.2 Å². The molecule has 144 valence electrons. The maximum absolute atomic E-state index is 13.8. The molecule has 2 heterocycles. The van der Waals surface area contributed by atoms with E-state index in [-0.39, 0.29) is 30.4 Å². The molecule has 0 saturated carbocycles. The molecular weight excluding hydrogens is 360 g/mol. The van der Waals surface area contributed by atoms with Crippen LogP contribution >= 0.6 is 0 Å². The van der Waals surface area contributed by atoms with Crippen molar-refractivity contribution in [1.82, 2.24) is 19.6 Å². The molecule has 3 rings (SSSR count). The predicted octanol–water partition coefficient (Wildman–Crippen LogP) is 1.72. The molecule has 0 radical (unpaired) electrons. The number of nitrogens with zero attached hydrogens (tertiary/aromatic N) is 5. The average Bonchev–Trinajstić information content (AvgIpc) is 3.00. The Morgan fingerprint density at radius 1 is 1.26 bits per heavy atom. The topological polar surface area (TPSA) is 84.5 Å². The summed E-state index contributed by atoms with van der Waals surface area (Å²) in [5.74, 6) is -2.21. The van der Waals surface area contributed by atoms with Crippen molar-refractivity contribution in [3.05, 3.63) is 57.3 Å². The molecule has 1 amide bonds. The lowest BCUT2D eigenvalue weighted by Gasteiger charge is -2.34. The average molecular weight is 379 g/mol. The Morgan fingerprint density at radius 3 is 2.63 bits per heavy atom. The third-order valence-corrected chi connectivity index (χ3v) is 4.50. The van der Waals surface area contributed by atoms with Crippen molar-refractivity contribution in [2.45, 2.75) is 20.0 Å². The summed E-state index contributed by atoms with van der Waals surface area (Å²) in [6.07, 6.45) is 0. The van der Waals surface area contributed by atoms with Crippen LogP contribution in [-0.4, -0.2) is 56.6 Å². The van der Waals surface area contributed by atoms with Crippen LogP contribution in [0.15, 0.2) is 24.3 Å². The first-order valence-corrected chi connectivity index (χ1v) is 8.47. The van der Waals surface area contributed by atoms with Crippen LogP contribution in [0.4, 0.5) is 14.6 Å². The fraction of sp³-hybridized carbons (Fsp3) is 0.412. The number of aromatic nitrogens is 2. The van der Waals surface area contributed by atoms with Crippen molar-refractivity contribution in [3.63, 3.8) is 0 Å². The van der Waals surface area contributed by atoms with Gasteiger partial charge in [-0.2, -0.15) is 0 Å². The molecule has 27 heavy (non-hydrogen) atoms. The first-order valence-electron chi connectivity index (χ1n) is 8.47. The fourth-order valence-electron chi connectivity index (χ4n) is 3.09. The highest BCUT2D eigenvalue weighted by Gasteiger charge is 2.26. The number of hydrogen-bond acceptors (Lipinski definition) is 5. The SMILES string of the molecule is Cc1cc([N+](=O)[O-])n(CC(=O)N2CCN(Cc3cccc(F)c3F)CC2)n1. The van der Waals surface area contributed by atoms with Gasteiger partial charge in [0.15, 0.2) is 18.2 Å². The molecule has 1 aliphatic rings. The van der Waals surface area contributed by atoms with E-state index >= 15 is 0 Å². The molecule has 2 aromatic rings. The van der Waals surface area contributed by atoms with E-state index in [9.17, 15) is 23.7 Å². The Bertz CT molecular complexity index is 862. The van der Waals surface area contributed by atoms with E-state index < -0.39 is 16.6 Å². The number of nitro groups is 1. The number of hydrogen-bond donors (Lipinski definition) is 0. The molecule has 1 aromatic heterocycles. The van der Waals surface area contributed by atoms with Gasteiger partial charge in [-0.1, -0.05) is 17.2 Å². The summed E-state index contributed by atoms with van der Waals surface area (Å²) < 4.78 is 28.2. The highest BCUT2D eigenvalue weighted by Crippen LogP contribution is 2.16. The summed E-state index contributed by atoms with van der Waals surface area (Å²) in [6, 6.07) is 5.39. The Balaban J connectivity index is 1.57. The largest absolute Gasteiger partial charge is 0.358 e. The molecule has 0 unspecified atom stereocenters. The summed E-state index contributed by atoms with van der Waals surface area (Å²) in [6.45, 7) is 3.49. The van der Waals surface area contributed by atoms with Crippen LogP contribution < -0.4 is 0 Å². The maximum atomic E-state index is 13.8. The first kappa shape index (κ1) is 18.9. The summed E-state index contributed by atoms with van der Waals surface area (Å²) >= 11 is 0. The van der Waals surface area contributed by atoms with E-state index in [1.54, 1.807) is 11.8 Å². The smallest absolute Gasteiger partial charge is 0.345 e. The number of amides is 1. The van der Waals surface area contributed by atoms with Gasteiger partial charge in [-0.25, -0.2) is 8.78 Å². The van der Waals surface area contributed by atoms with E-state index in [2.05, 4.69) is 5.10 Å². The number of carbonyl (C=O) groups is 1. The van der Waals surface area contributed by atoms with Crippen LogP contribution in [0, 0.1) is 28.7 Å². The number of halogens is 2. The summed E-state index contributed by atoms with van der Waals surface area (Å²) in [5, 5.41) is 15.0. The van der Waals surface area contributed by atoms with Gasteiger partial charge in [-0.05, 0) is 17.9 Å². The standard InChI is InChI=1S/C17H19F2N5O3/c1-12-9-15(24(26)27)23(20-12)11-16(25)22-7-5-21(6-8-22)10-13-3-2-4-14(18)17(13)19/h2-4,9H,5-8,10-11H2,1H3. The highest BCUT2D eigenvalue weighted by molar-refractivity contribution is 5.76. The lowest BCUT2D eigenvalue weighted by molar-refractivity contribution is -0.392. The van der Waals surface area contributed by atoms with Gasteiger partial charge in [-0.15, -0.1) is 4.68 Å². The van der Waals surface area contributed by atoms with Crippen molar-refractivity contribution in [3.8, 4) is 0 Å². The third kappa shape index (κ3) is 4.27. The van der Waals surface area contributed by atoms with Crippen molar-refractivity contribution < 1.29 is 18.5 Å². The van der Waals surface area contributed by atoms with Crippen LogP contribution in [0.2, 0.25) is 0 Å². The van der Waals surface area contributed by atoms with E-state index in [0.717, 1.165) is 10.7 Å². The zero-order valence-corrected chi connectivity index (χ0v) is 14.8. The molecular formula is C17H19F2N5O3. The van der Waals surface area contributed by atoms with E-state index in [4.69, 9.17) is 0 Å². The lowest BCUT2D eigenvalue weighted by atomic mass is 10.1. The molecule has 0 bridgehead atoms. The number of rotatable bonds is 5. The quantitative estimate of drug-likeness (QED) is 0.583. The second-order valence-corrected chi connectivity index (χ2v) is 6.43. The van der Waals surface area contributed by atoms with Crippen LogP contribution in [0.3, 0.4) is 0 Å². The molecule has 1 aliphatic heterocycles. The Morgan fingerprint density at radius 2 is 1.96 bits per heavy atom. The third-order valence-electron chi connectivity index (χ3n) is 4.50. The second kappa shape index (κ2) is 7.78. The van der Waals surface area contributed by atoms with Gasteiger partial charge in [0.1, 0.15) is 0 Å². The van der Waals surface area contributed by atoms with Gasteiger partial charge in [0, 0.05) is 38.3 Å². The minimum Gasteiger partial charge on any atom is -0.358 e. The predicted molar refractivity (Wildman–Crippen MR) is 91.8 cm³/mol. The number of carbonyl (C=O) groups excluding carboxylic acids is 1. The summed E-state index contributed by atoms with van der Waals surface area (Å²) in [5.41, 5.74) is 0.744. The Hall–Kier alpha value is -2.88. The summed E-state index contributed by atoms with van der Waals surface area (Å²) in [4.78, 5) is 26.4. The molecule has 0 aliphatic carbocycles. The van der Waals surface area contributed by atoms with Gasteiger partial charge < -0.3 is 15.0 Å². The first-order chi connectivity index (χ1) is 12.8. The molecule has 0 spiro atoms. The highest BCUT2D eigenvalue weighted by atomic mass is 19.2. The van der Waals surface area contributed by atoms with Crippen LogP contribution in [-0.2, 0) is 17.9 Å². The van der Waals surface area contributed by atoms with Crippen LogP contribution in [0.5, 0.6) is 0 Å². The van der Waals surface area contributed by atoms with E-state index in [1.807, 2.05) is 4.90 Å². The van der Waals surface area contributed by atoms with Crippen LogP contribution in [0.25, 0.3) is 0 Å². The summed E-state index contributed by atoms with van der Waals surface area (Å²) in [7, 11) is 0. The van der Waals surface area contributed by atoms with Gasteiger partial charge in [0.05, 0.1) is 11.8 Å². The molecule has 1 saturated heterocycles.